The van der Waals surface area contributed by atoms with Crippen molar-refractivity contribution in [1.29, 1.82) is 0 Å². The van der Waals surface area contributed by atoms with Crippen molar-refractivity contribution in [3.63, 3.8) is 0 Å². The molecule has 1 fully saturated rings. The normalized spacial score (nSPS) is 24.2. The fourth-order valence-electron chi connectivity index (χ4n) is 3.81. The average Bonchev–Trinajstić information content (AvgIpc) is 3.32. The number of rotatable bonds is 8. The van der Waals surface area contributed by atoms with E-state index < -0.39 is 61.3 Å². The molecule has 1 aliphatic rings. The second-order valence-electron chi connectivity index (χ2n) is 7.89. The number of carboxylic acid groups (broad SMARTS) is 1. The number of hydrogen-bond acceptors (Lipinski definition) is 10. The second kappa shape index (κ2) is 9.56. The van der Waals surface area contributed by atoms with Crippen molar-refractivity contribution in [1.82, 2.24) is 19.5 Å². The van der Waals surface area contributed by atoms with Crippen LogP contribution in [0.1, 0.15) is 11.8 Å². The minimum absolute atomic E-state index is 0.0284. The van der Waals surface area contributed by atoms with Crippen molar-refractivity contribution in [2.75, 3.05) is 12.3 Å². The standard InChI is InChI=1S/C20H20ClF2N5O7/c21-19-26-14(24)12-15(27-19)28(7-25-12)16-11(23)13(29)10(35-16)6-34-20(17(30)31,18(32)33)5-8-2-1-3-9(22)4-8/h1-4,7,10-11,13,16-17,29-31H,5-6H2,(H,32,33)(H2,24,26,27)/t10-,11+,13-,16-,20?/m1/s1. The van der Waals surface area contributed by atoms with E-state index in [4.69, 9.17) is 26.8 Å². The minimum atomic E-state index is -2.67. The van der Waals surface area contributed by atoms with Crippen molar-refractivity contribution < 1.29 is 43.5 Å². The Kier molecular flexibility index (Phi) is 6.86. The van der Waals surface area contributed by atoms with Gasteiger partial charge in [0.25, 0.3) is 0 Å². The van der Waals surface area contributed by atoms with Crippen LogP contribution < -0.4 is 5.73 Å². The fourth-order valence-corrected chi connectivity index (χ4v) is 3.98. The van der Waals surface area contributed by atoms with E-state index in [1.54, 1.807) is 0 Å². The summed E-state index contributed by atoms with van der Waals surface area (Å²) in [7, 11) is 0. The van der Waals surface area contributed by atoms with Crippen molar-refractivity contribution in [2.45, 2.75) is 42.9 Å². The second-order valence-corrected chi connectivity index (χ2v) is 8.23. The average molecular weight is 516 g/mol. The molecule has 0 saturated carbocycles. The number of nitrogens with zero attached hydrogens (tertiary/aromatic N) is 4. The third kappa shape index (κ3) is 4.63. The zero-order valence-corrected chi connectivity index (χ0v) is 18.5. The number of aliphatic hydroxyl groups is 3. The lowest BCUT2D eigenvalue weighted by Gasteiger charge is -2.32. The van der Waals surface area contributed by atoms with Crippen LogP contribution in [0.25, 0.3) is 11.2 Å². The molecular formula is C20H20ClF2N5O7. The molecule has 0 spiro atoms. The van der Waals surface area contributed by atoms with Crippen LogP contribution in [0.3, 0.4) is 0 Å². The lowest BCUT2D eigenvalue weighted by atomic mass is 9.93. The van der Waals surface area contributed by atoms with E-state index in [2.05, 4.69) is 15.0 Å². The van der Waals surface area contributed by atoms with Crippen LogP contribution in [0.5, 0.6) is 0 Å². The molecule has 3 aromatic rings. The molecule has 0 amide bonds. The smallest absolute Gasteiger partial charge is 0.341 e. The fraction of sp³-hybridized carbons (Fsp3) is 0.400. The van der Waals surface area contributed by atoms with Gasteiger partial charge in [0.1, 0.15) is 23.5 Å². The lowest BCUT2D eigenvalue weighted by molar-refractivity contribution is -0.231. The van der Waals surface area contributed by atoms with Gasteiger partial charge in [-0.1, -0.05) is 12.1 Å². The van der Waals surface area contributed by atoms with E-state index in [0.717, 1.165) is 23.0 Å². The van der Waals surface area contributed by atoms with Crippen LogP contribution in [-0.2, 0) is 20.7 Å². The number of ether oxygens (including phenoxy) is 2. The summed E-state index contributed by atoms with van der Waals surface area (Å²) in [4.78, 5) is 23.7. The zero-order valence-electron chi connectivity index (χ0n) is 17.7. The number of aromatic nitrogens is 4. The largest absolute Gasteiger partial charge is 0.479 e. The Morgan fingerprint density at radius 3 is 2.77 bits per heavy atom. The van der Waals surface area contributed by atoms with Gasteiger partial charge in [-0.3, -0.25) is 4.57 Å². The van der Waals surface area contributed by atoms with E-state index in [-0.39, 0.29) is 27.8 Å². The van der Waals surface area contributed by atoms with Gasteiger partial charge in [-0.05, 0) is 29.3 Å². The predicted octanol–water partition coefficient (Wildman–Crippen LogP) is 0.191. The summed E-state index contributed by atoms with van der Waals surface area (Å²) >= 11 is 5.81. The Balaban J connectivity index is 1.57. The number of aliphatic carboxylic acids is 1. The van der Waals surface area contributed by atoms with Gasteiger partial charge >= 0.3 is 5.97 Å². The number of alkyl halides is 1. The maximum atomic E-state index is 15.0. The van der Waals surface area contributed by atoms with E-state index in [9.17, 15) is 29.6 Å². The third-order valence-electron chi connectivity index (χ3n) is 5.63. The maximum absolute atomic E-state index is 15.0. The first-order chi connectivity index (χ1) is 16.5. The molecule has 0 bridgehead atoms. The highest BCUT2D eigenvalue weighted by molar-refractivity contribution is 6.28. The molecule has 1 unspecified atom stereocenters. The Hall–Kier alpha value is -3.01. The van der Waals surface area contributed by atoms with Crippen molar-refractivity contribution in [3.05, 3.63) is 47.3 Å². The van der Waals surface area contributed by atoms with E-state index in [1.807, 2.05) is 0 Å². The van der Waals surface area contributed by atoms with Crippen LogP contribution in [0, 0.1) is 5.82 Å². The number of nitrogens with two attached hydrogens (primary N) is 1. The highest BCUT2D eigenvalue weighted by atomic mass is 35.5. The molecule has 0 radical (unpaired) electrons. The summed E-state index contributed by atoms with van der Waals surface area (Å²) in [5.74, 6) is -2.52. The van der Waals surface area contributed by atoms with Crippen molar-refractivity contribution in [3.8, 4) is 0 Å². The number of aliphatic hydroxyl groups excluding tert-OH is 2. The minimum Gasteiger partial charge on any atom is -0.479 e. The number of carboxylic acids is 1. The van der Waals surface area contributed by atoms with Gasteiger partial charge in [0.15, 0.2) is 30.2 Å². The van der Waals surface area contributed by atoms with Gasteiger partial charge in [-0.25, -0.2) is 18.6 Å². The van der Waals surface area contributed by atoms with E-state index in [1.165, 1.54) is 12.1 Å². The summed E-state index contributed by atoms with van der Waals surface area (Å²) in [6.07, 6.45) is -8.81. The number of benzene rings is 1. The van der Waals surface area contributed by atoms with Crippen LogP contribution in [0.4, 0.5) is 14.6 Å². The number of hydrogen-bond donors (Lipinski definition) is 5. The summed E-state index contributed by atoms with van der Waals surface area (Å²) < 4.78 is 40.6. The monoisotopic (exact) mass is 515 g/mol. The first kappa shape index (κ1) is 25.1. The van der Waals surface area contributed by atoms with Crippen molar-refractivity contribution in [2.24, 2.45) is 0 Å². The Morgan fingerprint density at radius 1 is 1.37 bits per heavy atom. The number of halogens is 3. The molecule has 1 saturated heterocycles. The molecule has 35 heavy (non-hydrogen) atoms. The number of carbonyl (C=O) groups is 1. The molecule has 4 rings (SSSR count). The molecular weight excluding hydrogens is 496 g/mol. The molecule has 1 aromatic carbocycles. The summed E-state index contributed by atoms with van der Waals surface area (Å²) in [6.45, 7) is -0.762. The molecule has 1 aliphatic heterocycles. The third-order valence-corrected chi connectivity index (χ3v) is 5.80. The number of anilines is 1. The summed E-state index contributed by atoms with van der Waals surface area (Å²) in [5.41, 5.74) is 3.31. The molecule has 6 N–H and O–H groups in total. The Bertz CT molecular complexity index is 1250. The maximum Gasteiger partial charge on any atom is 0.341 e. The van der Waals surface area contributed by atoms with Gasteiger partial charge in [0.2, 0.25) is 10.9 Å². The van der Waals surface area contributed by atoms with Crippen LogP contribution in [0.2, 0.25) is 5.28 Å². The van der Waals surface area contributed by atoms with E-state index >= 15 is 4.39 Å². The zero-order chi connectivity index (χ0) is 25.5. The van der Waals surface area contributed by atoms with Gasteiger partial charge in [-0.2, -0.15) is 9.97 Å². The number of nitrogen functional groups attached to an aromatic ring is 1. The summed E-state index contributed by atoms with van der Waals surface area (Å²) in [6, 6.07) is 4.80. The Morgan fingerprint density at radius 2 is 2.11 bits per heavy atom. The lowest BCUT2D eigenvalue weighted by Crippen LogP contribution is -2.55. The molecule has 12 nitrogen and oxygen atoms in total. The molecule has 3 heterocycles. The molecule has 5 atom stereocenters. The highest BCUT2D eigenvalue weighted by Gasteiger charge is 2.51. The molecule has 2 aromatic heterocycles. The van der Waals surface area contributed by atoms with Crippen LogP contribution in [-0.4, -0.2) is 82.8 Å². The first-order valence-electron chi connectivity index (χ1n) is 10.1. The number of imidazole rings is 1. The molecule has 188 valence electrons. The van der Waals surface area contributed by atoms with E-state index in [0.29, 0.717) is 0 Å². The molecule has 0 aliphatic carbocycles. The first-order valence-corrected chi connectivity index (χ1v) is 10.5. The quantitative estimate of drug-likeness (QED) is 0.203. The van der Waals surface area contributed by atoms with Crippen LogP contribution in [0.15, 0.2) is 30.6 Å². The Labute approximate surface area is 200 Å². The van der Waals surface area contributed by atoms with Crippen LogP contribution >= 0.6 is 11.6 Å². The number of fused-ring (bicyclic) bond motifs is 1. The van der Waals surface area contributed by atoms with Crippen molar-refractivity contribution >= 4 is 34.6 Å². The van der Waals surface area contributed by atoms with Gasteiger partial charge < -0.3 is 35.6 Å². The highest BCUT2D eigenvalue weighted by Crippen LogP contribution is 2.35. The topological polar surface area (TPSA) is 186 Å². The van der Waals surface area contributed by atoms with Gasteiger partial charge in [0, 0.05) is 6.42 Å². The SMILES string of the molecule is Nc1nc(Cl)nc2c1ncn2[C@@H]1O[C@H](COC(Cc2cccc(F)c2)(C(=O)O)C(O)O)[C@@H](O)[C@@H]1F. The predicted molar refractivity (Wildman–Crippen MR) is 114 cm³/mol. The van der Waals surface area contributed by atoms with Gasteiger partial charge in [-0.15, -0.1) is 0 Å². The molecule has 15 heteroatoms. The van der Waals surface area contributed by atoms with Gasteiger partial charge in [0.05, 0.1) is 12.9 Å². The summed E-state index contributed by atoms with van der Waals surface area (Å²) in [5, 5.41) is 39.6.